The van der Waals surface area contributed by atoms with Crippen LogP contribution in [0, 0.1) is 11.6 Å². The Bertz CT molecular complexity index is 388. The first-order valence-electron chi connectivity index (χ1n) is 4.51. The molecular weight excluding hydrogens is 238 g/mol. The summed E-state index contributed by atoms with van der Waals surface area (Å²) in [6.07, 6.45) is 0. The summed E-state index contributed by atoms with van der Waals surface area (Å²) in [4.78, 5) is 0. The Kier molecular flexibility index (Phi) is 3.40. The maximum atomic E-state index is 13.7. The monoisotopic (exact) mass is 250 g/mol. The molecule has 0 aromatic heterocycles. The molecule has 0 N–H and O–H groups in total. The maximum Gasteiger partial charge on any atom is 0.183 e. The summed E-state index contributed by atoms with van der Waals surface area (Å²) in [6, 6.07) is 1.01. The van der Waals surface area contributed by atoms with Gasteiger partial charge in [-0.1, -0.05) is 31.2 Å². The number of hydrogen-bond donors (Lipinski definition) is 0. The normalized spacial score (nSPS) is 11.7. The molecule has 84 valence electrons. The highest BCUT2D eigenvalue weighted by Crippen LogP contribution is 2.27. The highest BCUT2D eigenvalue weighted by molar-refractivity contribution is 6.89. The van der Waals surface area contributed by atoms with E-state index < -0.39 is 19.7 Å². The number of ether oxygens (including phenoxy) is 1. The summed E-state index contributed by atoms with van der Waals surface area (Å²) < 4.78 is 32.1. The van der Waals surface area contributed by atoms with Crippen LogP contribution in [-0.2, 0) is 0 Å². The first kappa shape index (κ1) is 12.5. The van der Waals surface area contributed by atoms with E-state index in [9.17, 15) is 8.78 Å². The van der Waals surface area contributed by atoms with E-state index in [-0.39, 0.29) is 10.8 Å². The molecule has 0 spiro atoms. The Morgan fingerprint density at radius 1 is 1.27 bits per heavy atom. The van der Waals surface area contributed by atoms with Gasteiger partial charge < -0.3 is 4.74 Å². The van der Waals surface area contributed by atoms with Gasteiger partial charge in [0, 0.05) is 5.19 Å². The zero-order valence-corrected chi connectivity index (χ0v) is 10.9. The minimum absolute atomic E-state index is 0.0563. The summed E-state index contributed by atoms with van der Waals surface area (Å²) in [7, 11) is -0.679. The van der Waals surface area contributed by atoms with E-state index in [1.54, 1.807) is 0 Å². The van der Waals surface area contributed by atoms with Gasteiger partial charge >= 0.3 is 0 Å². The molecule has 0 heterocycles. The summed E-state index contributed by atoms with van der Waals surface area (Å²) >= 11 is 5.54. The standard InChI is InChI=1S/C10H13ClF2OSi/c1-14-9-8(13)6(11)5-7(12)10(9)15(2,3)4/h5H,1-4H3. The number of hydrogen-bond acceptors (Lipinski definition) is 1. The Morgan fingerprint density at radius 3 is 2.20 bits per heavy atom. The van der Waals surface area contributed by atoms with Crippen molar-refractivity contribution in [1.29, 1.82) is 0 Å². The second kappa shape index (κ2) is 4.10. The van der Waals surface area contributed by atoms with Crippen LogP contribution in [0.2, 0.25) is 24.7 Å². The van der Waals surface area contributed by atoms with Crippen LogP contribution in [0.25, 0.3) is 0 Å². The molecule has 5 heteroatoms. The molecule has 0 aliphatic rings. The van der Waals surface area contributed by atoms with E-state index in [4.69, 9.17) is 16.3 Å². The third kappa shape index (κ3) is 2.31. The van der Waals surface area contributed by atoms with E-state index in [1.807, 2.05) is 19.6 Å². The van der Waals surface area contributed by atoms with E-state index in [2.05, 4.69) is 0 Å². The third-order valence-electron chi connectivity index (χ3n) is 2.08. The molecule has 1 aromatic carbocycles. The molecule has 0 saturated heterocycles. The Hall–Kier alpha value is -0.613. The Balaban J connectivity index is 3.57. The van der Waals surface area contributed by atoms with Crippen molar-refractivity contribution in [1.82, 2.24) is 0 Å². The van der Waals surface area contributed by atoms with Gasteiger partial charge in [-0.25, -0.2) is 8.78 Å². The molecular formula is C10H13ClF2OSi. The first-order chi connectivity index (χ1) is 6.79. The van der Waals surface area contributed by atoms with Gasteiger partial charge in [0.25, 0.3) is 0 Å². The van der Waals surface area contributed by atoms with Crippen molar-refractivity contribution >= 4 is 24.9 Å². The van der Waals surface area contributed by atoms with Crippen LogP contribution in [0.15, 0.2) is 6.07 Å². The third-order valence-corrected chi connectivity index (χ3v) is 4.32. The fourth-order valence-corrected chi connectivity index (χ4v) is 3.33. The van der Waals surface area contributed by atoms with Crippen molar-refractivity contribution in [3.63, 3.8) is 0 Å². The molecule has 0 unspecified atom stereocenters. The van der Waals surface area contributed by atoms with Gasteiger partial charge in [0.2, 0.25) is 0 Å². The van der Waals surface area contributed by atoms with E-state index in [0.717, 1.165) is 6.07 Å². The van der Waals surface area contributed by atoms with Crippen molar-refractivity contribution in [3.8, 4) is 5.75 Å². The van der Waals surface area contributed by atoms with Gasteiger partial charge in [0.05, 0.1) is 20.2 Å². The Labute approximate surface area is 94.0 Å². The molecule has 1 rings (SSSR count). The SMILES string of the molecule is COc1c(F)c(Cl)cc(F)c1[Si](C)(C)C. The average molecular weight is 251 g/mol. The van der Waals surface area contributed by atoms with Crippen molar-refractivity contribution in [2.75, 3.05) is 7.11 Å². The smallest absolute Gasteiger partial charge is 0.183 e. The summed E-state index contributed by atoms with van der Waals surface area (Å²) in [5, 5.41) is 0.0956. The van der Waals surface area contributed by atoms with Gasteiger partial charge in [-0.05, 0) is 6.07 Å². The number of benzene rings is 1. The minimum atomic E-state index is -2.00. The second-order valence-corrected chi connectivity index (χ2v) is 9.72. The summed E-state index contributed by atoms with van der Waals surface area (Å²) in [5.41, 5.74) is 0. The minimum Gasteiger partial charge on any atom is -0.494 e. The summed E-state index contributed by atoms with van der Waals surface area (Å²) in [5.74, 6) is -1.23. The lowest BCUT2D eigenvalue weighted by Gasteiger charge is -2.21. The molecule has 1 nitrogen and oxygen atoms in total. The number of halogens is 3. The van der Waals surface area contributed by atoms with Crippen molar-refractivity contribution in [2.45, 2.75) is 19.6 Å². The molecule has 0 aliphatic heterocycles. The van der Waals surface area contributed by atoms with Crippen LogP contribution in [0.1, 0.15) is 0 Å². The lowest BCUT2D eigenvalue weighted by Crippen LogP contribution is -2.41. The van der Waals surface area contributed by atoms with Crippen molar-refractivity contribution < 1.29 is 13.5 Å². The van der Waals surface area contributed by atoms with Gasteiger partial charge in [-0.15, -0.1) is 0 Å². The number of methoxy groups -OCH3 is 1. The fourth-order valence-electron chi connectivity index (χ4n) is 1.46. The van der Waals surface area contributed by atoms with Crippen LogP contribution in [0.3, 0.4) is 0 Å². The quantitative estimate of drug-likeness (QED) is 0.579. The molecule has 15 heavy (non-hydrogen) atoms. The molecule has 0 fully saturated rings. The molecule has 0 saturated carbocycles. The molecule has 0 aliphatic carbocycles. The molecule has 0 atom stereocenters. The van der Waals surface area contributed by atoms with Gasteiger partial charge in [-0.3, -0.25) is 0 Å². The highest BCUT2D eigenvalue weighted by atomic mass is 35.5. The zero-order valence-electron chi connectivity index (χ0n) is 9.12. The summed E-state index contributed by atoms with van der Waals surface area (Å²) in [6.45, 7) is 5.75. The van der Waals surface area contributed by atoms with E-state index in [0.29, 0.717) is 5.19 Å². The maximum absolute atomic E-state index is 13.7. The lowest BCUT2D eigenvalue weighted by molar-refractivity contribution is 0.387. The molecule has 1 aromatic rings. The topological polar surface area (TPSA) is 9.23 Å². The second-order valence-electron chi connectivity index (χ2n) is 4.31. The largest absolute Gasteiger partial charge is 0.494 e. The van der Waals surface area contributed by atoms with Gasteiger partial charge in [0.1, 0.15) is 5.82 Å². The van der Waals surface area contributed by atoms with E-state index >= 15 is 0 Å². The fraction of sp³-hybridized carbons (Fsp3) is 0.400. The van der Waals surface area contributed by atoms with Crippen LogP contribution in [0.5, 0.6) is 5.75 Å². The predicted molar refractivity (Wildman–Crippen MR) is 60.9 cm³/mol. The van der Waals surface area contributed by atoms with Crippen LogP contribution in [0.4, 0.5) is 8.78 Å². The Morgan fingerprint density at radius 2 is 1.80 bits per heavy atom. The van der Waals surface area contributed by atoms with Crippen LogP contribution in [-0.4, -0.2) is 15.2 Å². The molecule has 0 amide bonds. The van der Waals surface area contributed by atoms with Crippen molar-refractivity contribution in [2.24, 2.45) is 0 Å². The van der Waals surface area contributed by atoms with Crippen molar-refractivity contribution in [3.05, 3.63) is 22.7 Å². The average Bonchev–Trinajstić information content (AvgIpc) is 2.08. The lowest BCUT2D eigenvalue weighted by atomic mass is 10.3. The number of rotatable bonds is 2. The highest BCUT2D eigenvalue weighted by Gasteiger charge is 2.29. The first-order valence-corrected chi connectivity index (χ1v) is 8.38. The van der Waals surface area contributed by atoms with Crippen LogP contribution >= 0.6 is 11.6 Å². The molecule has 0 radical (unpaired) electrons. The predicted octanol–water partition coefficient (Wildman–Crippen LogP) is 3.17. The van der Waals surface area contributed by atoms with Gasteiger partial charge in [-0.2, -0.15) is 0 Å². The molecule has 0 bridgehead atoms. The van der Waals surface area contributed by atoms with Gasteiger partial charge in [0.15, 0.2) is 11.6 Å². The van der Waals surface area contributed by atoms with Crippen LogP contribution < -0.4 is 9.92 Å². The van der Waals surface area contributed by atoms with E-state index in [1.165, 1.54) is 7.11 Å². The zero-order chi connectivity index (χ0) is 11.8.